The molecule has 0 unspecified atom stereocenters. The summed E-state index contributed by atoms with van der Waals surface area (Å²) in [6.45, 7) is 5.26. The molecule has 6 rings (SSSR count). The first kappa shape index (κ1) is 21.9. The first-order chi connectivity index (χ1) is 16.4. The first-order valence-electron chi connectivity index (χ1n) is 11.7. The van der Waals surface area contributed by atoms with Crippen molar-refractivity contribution in [3.63, 3.8) is 0 Å². The summed E-state index contributed by atoms with van der Waals surface area (Å²) in [5.41, 5.74) is 6.23. The van der Waals surface area contributed by atoms with Crippen LogP contribution in [0.15, 0.2) is 23.4 Å². The van der Waals surface area contributed by atoms with E-state index in [0.29, 0.717) is 5.91 Å². The number of rotatable bonds is 4. The molecule has 1 aromatic carbocycles. The molecule has 3 N–H and O–H groups in total. The molecule has 10 heteroatoms. The Morgan fingerprint density at radius 3 is 3.00 bits per heavy atom. The zero-order chi connectivity index (χ0) is 23.4. The average molecular weight is 497 g/mol. The van der Waals surface area contributed by atoms with Crippen molar-refractivity contribution in [2.75, 3.05) is 24.4 Å². The largest absolute Gasteiger partial charge is 0.494 e. The minimum Gasteiger partial charge on any atom is -0.494 e. The minimum atomic E-state index is -0.0294. The molecule has 0 bridgehead atoms. The molecule has 2 aromatic heterocycles. The zero-order valence-corrected chi connectivity index (χ0v) is 21.2. The first-order valence-corrected chi connectivity index (χ1v) is 13.3. The van der Waals surface area contributed by atoms with Crippen LogP contribution in [-0.2, 0) is 17.6 Å². The summed E-state index contributed by atoms with van der Waals surface area (Å²) in [4.78, 5) is 31.1. The van der Waals surface area contributed by atoms with Crippen LogP contribution in [0.2, 0.25) is 0 Å². The second-order valence-corrected chi connectivity index (χ2v) is 11.7. The van der Waals surface area contributed by atoms with Gasteiger partial charge in [-0.15, -0.1) is 11.3 Å². The Bertz CT molecular complexity index is 1290. The topological polar surface area (TPSA) is 91.4 Å². The maximum Gasteiger partial charge on any atom is 0.226 e. The Balaban J connectivity index is 1.31. The highest BCUT2D eigenvalue weighted by Gasteiger charge is 2.39. The number of aryl methyl sites for hydroxylation is 1. The second kappa shape index (κ2) is 8.28. The monoisotopic (exact) mass is 496 g/mol. The molecule has 178 valence electrons. The molecule has 0 saturated carbocycles. The van der Waals surface area contributed by atoms with Gasteiger partial charge in [0.1, 0.15) is 22.7 Å². The quantitative estimate of drug-likeness (QED) is 0.440. The van der Waals surface area contributed by atoms with E-state index in [2.05, 4.69) is 50.4 Å². The predicted molar refractivity (Wildman–Crippen MR) is 137 cm³/mol. The normalized spacial score (nSPS) is 20.7. The Kier molecular flexibility index (Phi) is 5.34. The third kappa shape index (κ3) is 3.59. The van der Waals surface area contributed by atoms with Crippen molar-refractivity contribution < 1.29 is 9.53 Å². The molecule has 0 spiro atoms. The van der Waals surface area contributed by atoms with Gasteiger partial charge in [-0.1, -0.05) is 0 Å². The number of nitrogens with one attached hydrogen (secondary N) is 3. The van der Waals surface area contributed by atoms with Crippen molar-refractivity contribution in [2.45, 2.75) is 56.4 Å². The zero-order valence-electron chi connectivity index (χ0n) is 19.5. The molecular weight excluding hydrogens is 468 g/mol. The third-order valence-electron chi connectivity index (χ3n) is 7.26. The van der Waals surface area contributed by atoms with Gasteiger partial charge in [0.25, 0.3) is 0 Å². The van der Waals surface area contributed by atoms with Crippen LogP contribution >= 0.6 is 23.3 Å². The van der Waals surface area contributed by atoms with Gasteiger partial charge in [-0.05, 0) is 69.5 Å². The van der Waals surface area contributed by atoms with Crippen LogP contribution in [0.1, 0.15) is 43.6 Å². The highest BCUT2D eigenvalue weighted by Crippen LogP contribution is 2.44. The van der Waals surface area contributed by atoms with E-state index in [9.17, 15) is 4.79 Å². The van der Waals surface area contributed by atoms with Gasteiger partial charge in [-0.25, -0.2) is 9.97 Å². The molecule has 2 aliphatic heterocycles. The second-order valence-electron chi connectivity index (χ2n) is 9.75. The van der Waals surface area contributed by atoms with Gasteiger partial charge in [-0.3, -0.25) is 4.79 Å². The number of carbonyl (C=O) groups excluding carboxylic acids is 1. The number of thiophene rings is 1. The maximum absolute atomic E-state index is 13.4. The fourth-order valence-corrected chi connectivity index (χ4v) is 7.36. The van der Waals surface area contributed by atoms with Crippen molar-refractivity contribution in [2.24, 2.45) is 5.92 Å². The lowest BCUT2D eigenvalue weighted by molar-refractivity contribution is -0.139. The van der Waals surface area contributed by atoms with E-state index < -0.39 is 0 Å². The van der Waals surface area contributed by atoms with Crippen LogP contribution in [0.4, 0.5) is 17.2 Å². The number of carbonyl (C=O) groups is 1. The Labute approximate surface area is 207 Å². The Morgan fingerprint density at radius 1 is 1.32 bits per heavy atom. The van der Waals surface area contributed by atoms with Gasteiger partial charge < -0.3 is 20.4 Å². The highest BCUT2D eigenvalue weighted by atomic mass is 32.2. The number of hydrogen-bond acceptors (Lipinski definition) is 9. The molecule has 4 heterocycles. The summed E-state index contributed by atoms with van der Waals surface area (Å²) >= 11 is 3.23. The third-order valence-corrected chi connectivity index (χ3v) is 9.19. The SMILES string of the molecule is COc1cc2c(cc1Nc1ncnc3sc4c(c13)CC[C@H](C(=O)N1CCCC1(C)C)C4)SNN2. The van der Waals surface area contributed by atoms with Crippen LogP contribution in [0.5, 0.6) is 5.75 Å². The molecule has 1 aliphatic carbocycles. The minimum absolute atomic E-state index is 0.0294. The van der Waals surface area contributed by atoms with Gasteiger partial charge in [0, 0.05) is 28.9 Å². The molecule has 3 aliphatic rings. The van der Waals surface area contributed by atoms with Crippen molar-refractivity contribution in [3.05, 3.63) is 28.9 Å². The predicted octanol–water partition coefficient (Wildman–Crippen LogP) is 4.89. The number of anilines is 3. The lowest BCUT2D eigenvalue weighted by atomic mass is 9.86. The summed E-state index contributed by atoms with van der Waals surface area (Å²) in [6.07, 6.45) is 6.32. The summed E-state index contributed by atoms with van der Waals surface area (Å²) in [5.74, 6) is 1.90. The summed E-state index contributed by atoms with van der Waals surface area (Å²) in [7, 11) is 1.67. The Morgan fingerprint density at radius 2 is 2.21 bits per heavy atom. The lowest BCUT2D eigenvalue weighted by Gasteiger charge is -2.35. The number of fused-ring (bicyclic) bond motifs is 4. The van der Waals surface area contributed by atoms with E-state index in [4.69, 9.17) is 4.74 Å². The summed E-state index contributed by atoms with van der Waals surface area (Å²) in [5, 5.41) is 4.58. The molecule has 34 heavy (non-hydrogen) atoms. The number of likely N-dealkylation sites (tertiary alicyclic amines) is 1. The molecule has 3 aromatic rings. The van der Waals surface area contributed by atoms with Crippen molar-refractivity contribution in [1.29, 1.82) is 0 Å². The van der Waals surface area contributed by atoms with Crippen LogP contribution in [-0.4, -0.2) is 40.0 Å². The van der Waals surface area contributed by atoms with Crippen LogP contribution in [0.3, 0.4) is 0 Å². The Hall–Kier alpha value is -2.56. The van der Waals surface area contributed by atoms with Crippen molar-refractivity contribution in [1.82, 2.24) is 19.7 Å². The van der Waals surface area contributed by atoms with Crippen LogP contribution < -0.4 is 20.3 Å². The number of hydrogen-bond donors (Lipinski definition) is 3. The van der Waals surface area contributed by atoms with Gasteiger partial charge in [-0.2, -0.15) is 4.83 Å². The number of hydrazine groups is 1. The summed E-state index contributed by atoms with van der Waals surface area (Å²) in [6, 6.07) is 4.04. The number of amides is 1. The fraction of sp³-hybridized carbons (Fsp3) is 0.458. The summed E-state index contributed by atoms with van der Waals surface area (Å²) < 4.78 is 5.63. The van der Waals surface area contributed by atoms with Crippen LogP contribution in [0, 0.1) is 5.92 Å². The number of nitrogens with zero attached hydrogens (tertiary/aromatic N) is 3. The number of ether oxygens (including phenoxy) is 1. The fourth-order valence-electron chi connectivity index (χ4n) is 5.42. The number of aromatic nitrogens is 2. The van der Waals surface area contributed by atoms with Gasteiger partial charge in [0.2, 0.25) is 5.91 Å². The van der Waals surface area contributed by atoms with E-state index in [1.165, 1.54) is 22.4 Å². The smallest absolute Gasteiger partial charge is 0.226 e. The molecular formula is C24H28N6O2S2. The number of methoxy groups -OCH3 is 1. The van der Waals surface area contributed by atoms with E-state index in [-0.39, 0.29) is 11.5 Å². The molecule has 1 fully saturated rings. The maximum atomic E-state index is 13.4. The van der Waals surface area contributed by atoms with Crippen LogP contribution in [0.25, 0.3) is 10.2 Å². The van der Waals surface area contributed by atoms with Gasteiger partial charge >= 0.3 is 0 Å². The molecule has 1 amide bonds. The molecule has 0 radical (unpaired) electrons. The van der Waals surface area contributed by atoms with E-state index in [1.807, 2.05) is 6.07 Å². The highest BCUT2D eigenvalue weighted by molar-refractivity contribution is 7.98. The molecule has 1 saturated heterocycles. The van der Waals surface area contributed by atoms with Gasteiger partial charge in [0.05, 0.1) is 28.8 Å². The van der Waals surface area contributed by atoms with E-state index in [1.54, 1.807) is 24.8 Å². The number of benzene rings is 1. The average Bonchev–Trinajstić information content (AvgIpc) is 3.53. The molecule has 8 nitrogen and oxygen atoms in total. The van der Waals surface area contributed by atoms with Crippen molar-refractivity contribution in [3.8, 4) is 5.75 Å². The van der Waals surface area contributed by atoms with E-state index in [0.717, 1.165) is 76.7 Å². The molecule has 1 atom stereocenters. The lowest BCUT2D eigenvalue weighted by Crippen LogP contribution is -2.46. The van der Waals surface area contributed by atoms with E-state index >= 15 is 0 Å². The standard InChI is InChI=1S/C24H28N6O2S2/c1-24(2)7-4-8-30(24)23(31)13-5-6-14-18(9-13)33-22-20(14)21(25-12-26-22)27-15-11-19-16(28-29-34-19)10-17(15)32-3/h10-13,28-29H,4-9H2,1-3H3,(H,25,26,27)/t13-/m0/s1. The van der Waals surface area contributed by atoms with Gasteiger partial charge in [0.15, 0.2) is 0 Å². The van der Waals surface area contributed by atoms with Crippen molar-refractivity contribution >= 4 is 56.6 Å².